The predicted octanol–water partition coefficient (Wildman–Crippen LogP) is 3.04. The third kappa shape index (κ3) is 3.11. The Balaban J connectivity index is 1.94. The van der Waals surface area contributed by atoms with Crippen LogP contribution in [-0.2, 0) is 22.5 Å². The topological polar surface area (TPSA) is 42.4 Å². The van der Waals surface area contributed by atoms with Gasteiger partial charge in [-0.25, -0.2) is 4.79 Å². The van der Waals surface area contributed by atoms with E-state index in [1.807, 2.05) is 36.1 Å². The number of benzene rings is 1. The minimum Gasteiger partial charge on any atom is -0.464 e. The van der Waals surface area contributed by atoms with Crippen molar-refractivity contribution >= 4 is 11.7 Å². The summed E-state index contributed by atoms with van der Waals surface area (Å²) >= 11 is 0. The number of ether oxygens (including phenoxy) is 1. The number of carbonyl (C=O) groups excluding carboxylic acids is 1. The van der Waals surface area contributed by atoms with Crippen LogP contribution in [0.25, 0.3) is 5.70 Å². The van der Waals surface area contributed by atoms with E-state index in [2.05, 4.69) is 23.7 Å². The van der Waals surface area contributed by atoms with Crippen LogP contribution in [0.4, 0.5) is 0 Å². The Kier molecular flexibility index (Phi) is 4.42. The van der Waals surface area contributed by atoms with Crippen LogP contribution in [0, 0.1) is 0 Å². The summed E-state index contributed by atoms with van der Waals surface area (Å²) in [7, 11) is 0. The molecule has 118 valence electrons. The van der Waals surface area contributed by atoms with Crippen LogP contribution in [0.3, 0.4) is 0 Å². The smallest absolute Gasteiger partial charge is 0.329 e. The van der Waals surface area contributed by atoms with Gasteiger partial charge in [0, 0.05) is 36.6 Å². The Morgan fingerprint density at radius 2 is 2.09 bits per heavy atom. The van der Waals surface area contributed by atoms with Gasteiger partial charge in [-0.1, -0.05) is 30.8 Å². The van der Waals surface area contributed by atoms with E-state index in [-0.39, 0.29) is 12.0 Å². The maximum atomic E-state index is 12.4. The lowest BCUT2D eigenvalue weighted by atomic mass is 9.93. The highest BCUT2D eigenvalue weighted by atomic mass is 16.5. The van der Waals surface area contributed by atoms with Crippen LogP contribution < -0.4 is 0 Å². The van der Waals surface area contributed by atoms with Crippen LogP contribution in [0.2, 0.25) is 0 Å². The molecular formula is C19H20N2O2. The van der Waals surface area contributed by atoms with E-state index in [0.29, 0.717) is 19.6 Å². The first-order valence-electron chi connectivity index (χ1n) is 7.80. The molecule has 2 aromatic rings. The standard InChI is InChI=1S/C19H20N2O2/c1-3-23-19(22)18-11-15-7-4-5-8-17(15)13-21(18)14(2)16-9-6-10-20-12-16/h4-10,12,18H,2-3,11,13H2,1H3. The fourth-order valence-electron chi connectivity index (χ4n) is 2.95. The Morgan fingerprint density at radius 1 is 1.30 bits per heavy atom. The fraction of sp³-hybridized carbons (Fsp3) is 0.263. The molecule has 4 nitrogen and oxygen atoms in total. The van der Waals surface area contributed by atoms with Crippen molar-refractivity contribution in [2.75, 3.05) is 6.61 Å². The quantitative estimate of drug-likeness (QED) is 0.814. The lowest BCUT2D eigenvalue weighted by molar-refractivity contribution is -0.148. The second kappa shape index (κ2) is 6.65. The zero-order valence-electron chi connectivity index (χ0n) is 13.2. The molecule has 1 aromatic heterocycles. The van der Waals surface area contributed by atoms with Gasteiger partial charge >= 0.3 is 5.97 Å². The van der Waals surface area contributed by atoms with Gasteiger partial charge in [-0.3, -0.25) is 4.98 Å². The van der Waals surface area contributed by atoms with E-state index in [1.165, 1.54) is 11.1 Å². The molecule has 23 heavy (non-hydrogen) atoms. The summed E-state index contributed by atoms with van der Waals surface area (Å²) in [6, 6.07) is 11.7. The number of hydrogen-bond acceptors (Lipinski definition) is 4. The Labute approximate surface area is 136 Å². The molecule has 1 aromatic carbocycles. The molecule has 0 aliphatic carbocycles. The molecule has 4 heteroatoms. The van der Waals surface area contributed by atoms with E-state index >= 15 is 0 Å². The van der Waals surface area contributed by atoms with E-state index < -0.39 is 0 Å². The third-order valence-electron chi connectivity index (χ3n) is 4.15. The van der Waals surface area contributed by atoms with Gasteiger partial charge < -0.3 is 9.64 Å². The summed E-state index contributed by atoms with van der Waals surface area (Å²) in [5.74, 6) is -0.202. The van der Waals surface area contributed by atoms with Gasteiger partial charge in [0.05, 0.1) is 6.61 Å². The maximum absolute atomic E-state index is 12.4. The third-order valence-corrected chi connectivity index (χ3v) is 4.15. The predicted molar refractivity (Wildman–Crippen MR) is 89.4 cm³/mol. The van der Waals surface area contributed by atoms with Gasteiger partial charge in [0.15, 0.2) is 0 Å². The Morgan fingerprint density at radius 3 is 2.78 bits per heavy atom. The summed E-state index contributed by atoms with van der Waals surface area (Å²) in [6.45, 7) is 7.05. The highest BCUT2D eigenvalue weighted by Gasteiger charge is 2.33. The number of hydrogen-bond donors (Lipinski definition) is 0. The number of fused-ring (bicyclic) bond motifs is 1. The van der Waals surface area contributed by atoms with Gasteiger partial charge in [0.25, 0.3) is 0 Å². The van der Waals surface area contributed by atoms with Crippen molar-refractivity contribution in [1.29, 1.82) is 0 Å². The minimum atomic E-state index is -0.349. The number of carbonyl (C=O) groups is 1. The van der Waals surface area contributed by atoms with Crippen molar-refractivity contribution in [3.05, 3.63) is 72.1 Å². The normalized spacial score (nSPS) is 16.6. The monoisotopic (exact) mass is 308 g/mol. The molecule has 1 aliphatic rings. The molecule has 3 rings (SSSR count). The average Bonchev–Trinajstić information content (AvgIpc) is 2.61. The van der Waals surface area contributed by atoms with E-state index in [0.717, 1.165) is 11.3 Å². The van der Waals surface area contributed by atoms with Gasteiger partial charge in [-0.15, -0.1) is 0 Å². The molecule has 0 N–H and O–H groups in total. The average molecular weight is 308 g/mol. The molecule has 0 amide bonds. The fourth-order valence-corrected chi connectivity index (χ4v) is 2.95. The van der Waals surface area contributed by atoms with Crippen molar-refractivity contribution in [2.45, 2.75) is 25.9 Å². The molecule has 0 fully saturated rings. The van der Waals surface area contributed by atoms with E-state index in [9.17, 15) is 4.79 Å². The van der Waals surface area contributed by atoms with E-state index in [1.54, 1.807) is 12.4 Å². The minimum absolute atomic E-state index is 0.202. The maximum Gasteiger partial charge on any atom is 0.329 e. The van der Waals surface area contributed by atoms with Crippen molar-refractivity contribution in [1.82, 2.24) is 9.88 Å². The molecule has 0 bridgehead atoms. The SMILES string of the molecule is C=C(c1cccnc1)N1Cc2ccccc2CC1C(=O)OCC. The molecule has 0 saturated carbocycles. The van der Waals surface area contributed by atoms with Gasteiger partial charge in [-0.05, 0) is 30.2 Å². The number of aromatic nitrogens is 1. The first kappa shape index (κ1) is 15.3. The number of esters is 1. The molecule has 0 radical (unpaired) electrons. The Bertz CT molecular complexity index is 712. The van der Waals surface area contributed by atoms with Crippen molar-refractivity contribution < 1.29 is 9.53 Å². The second-order valence-corrected chi connectivity index (χ2v) is 5.56. The molecule has 0 spiro atoms. The zero-order valence-corrected chi connectivity index (χ0v) is 13.2. The van der Waals surface area contributed by atoms with Crippen LogP contribution in [0.15, 0.2) is 55.4 Å². The van der Waals surface area contributed by atoms with Crippen LogP contribution in [0.5, 0.6) is 0 Å². The Hall–Kier alpha value is -2.62. The van der Waals surface area contributed by atoms with Gasteiger partial charge in [0.1, 0.15) is 6.04 Å². The lowest BCUT2D eigenvalue weighted by Crippen LogP contribution is -2.45. The summed E-state index contributed by atoms with van der Waals surface area (Å²) in [5.41, 5.74) is 4.13. The molecule has 1 atom stereocenters. The highest BCUT2D eigenvalue weighted by molar-refractivity contribution is 5.79. The second-order valence-electron chi connectivity index (χ2n) is 5.56. The molecule has 1 unspecified atom stereocenters. The molecule has 2 heterocycles. The lowest BCUT2D eigenvalue weighted by Gasteiger charge is -2.38. The summed E-state index contributed by atoms with van der Waals surface area (Å²) in [4.78, 5) is 18.6. The summed E-state index contributed by atoms with van der Waals surface area (Å²) < 4.78 is 5.28. The largest absolute Gasteiger partial charge is 0.464 e. The van der Waals surface area contributed by atoms with Crippen LogP contribution in [-0.4, -0.2) is 28.5 Å². The zero-order chi connectivity index (χ0) is 16.2. The van der Waals surface area contributed by atoms with E-state index in [4.69, 9.17) is 4.74 Å². The summed E-state index contributed by atoms with van der Waals surface area (Å²) in [6.07, 6.45) is 4.13. The molecule has 0 saturated heterocycles. The summed E-state index contributed by atoms with van der Waals surface area (Å²) in [5, 5.41) is 0. The number of rotatable bonds is 4. The first-order chi connectivity index (χ1) is 11.2. The van der Waals surface area contributed by atoms with Crippen molar-refractivity contribution in [3.63, 3.8) is 0 Å². The van der Waals surface area contributed by atoms with Gasteiger partial charge in [-0.2, -0.15) is 0 Å². The van der Waals surface area contributed by atoms with Crippen LogP contribution in [0.1, 0.15) is 23.6 Å². The van der Waals surface area contributed by atoms with Gasteiger partial charge in [0.2, 0.25) is 0 Å². The van der Waals surface area contributed by atoms with Crippen LogP contribution >= 0.6 is 0 Å². The molecule has 1 aliphatic heterocycles. The first-order valence-corrected chi connectivity index (χ1v) is 7.80. The van der Waals surface area contributed by atoms with Crippen molar-refractivity contribution in [3.8, 4) is 0 Å². The number of nitrogens with zero attached hydrogens (tertiary/aromatic N) is 2. The molecular weight excluding hydrogens is 288 g/mol. The highest BCUT2D eigenvalue weighted by Crippen LogP contribution is 2.30. The number of pyridine rings is 1. The van der Waals surface area contributed by atoms with Crippen molar-refractivity contribution in [2.24, 2.45) is 0 Å².